The normalized spacial score (nSPS) is 50.2. The highest BCUT2D eigenvalue weighted by Crippen LogP contribution is 2.67. The average Bonchev–Trinajstić information content (AvgIpc) is 2.97. The Bertz CT molecular complexity index is 639. The summed E-state index contributed by atoms with van der Waals surface area (Å²) in [6.07, 6.45) is 4.87. The molecule has 5 atom stereocenters. The van der Waals surface area contributed by atoms with Gasteiger partial charge in [-0.2, -0.15) is 0 Å². The van der Waals surface area contributed by atoms with Crippen molar-refractivity contribution in [1.29, 1.82) is 0 Å². The van der Waals surface area contributed by atoms with Crippen LogP contribution in [0, 0.1) is 27.6 Å². The van der Waals surface area contributed by atoms with Gasteiger partial charge in [-0.3, -0.25) is 9.59 Å². The lowest BCUT2D eigenvalue weighted by molar-refractivity contribution is -0.169. The maximum absolute atomic E-state index is 13.3. The van der Waals surface area contributed by atoms with E-state index in [9.17, 15) is 9.59 Å². The van der Waals surface area contributed by atoms with Crippen LogP contribution in [0.25, 0.3) is 0 Å². The van der Waals surface area contributed by atoms with Gasteiger partial charge in [0.1, 0.15) is 0 Å². The zero-order valence-electron chi connectivity index (χ0n) is 15.9. The van der Waals surface area contributed by atoms with Crippen molar-refractivity contribution in [3.8, 4) is 0 Å². The summed E-state index contributed by atoms with van der Waals surface area (Å²) >= 11 is 0. The van der Waals surface area contributed by atoms with Gasteiger partial charge < -0.3 is 10.1 Å². The minimum absolute atomic E-state index is 0.0587. The van der Waals surface area contributed by atoms with Crippen LogP contribution in [0.2, 0.25) is 0 Å². The summed E-state index contributed by atoms with van der Waals surface area (Å²) in [4.78, 5) is 25.7. The first-order chi connectivity index (χ1) is 10.9. The largest absolute Gasteiger partial charge is 0.448 e. The third-order valence-corrected chi connectivity index (χ3v) is 9.55. The molecule has 1 saturated heterocycles. The Morgan fingerprint density at radius 3 is 2.17 bits per heavy atom. The Balaban J connectivity index is 1.62. The maximum atomic E-state index is 13.3. The molecule has 4 bridgehead atoms. The van der Waals surface area contributed by atoms with E-state index in [1.165, 1.54) is 12.8 Å². The average molecular weight is 333 g/mol. The number of rotatable bonds is 2. The number of fused-ring (bicyclic) bond motifs is 4. The van der Waals surface area contributed by atoms with E-state index in [4.69, 9.17) is 4.74 Å². The molecule has 3 aliphatic carbocycles. The molecule has 1 amide bonds. The SMILES string of the molecule is CC1(C)[C@]2(C)CC[C@]1(C(=O)N[C@@H]1C[C@H]3CC[C@@]1(C)C3(C)C)OC2=O. The summed E-state index contributed by atoms with van der Waals surface area (Å²) < 4.78 is 5.75. The van der Waals surface area contributed by atoms with Crippen LogP contribution in [-0.4, -0.2) is 23.5 Å². The molecule has 1 N–H and O–H groups in total. The Hall–Kier alpha value is -1.06. The molecule has 0 spiro atoms. The molecule has 3 saturated carbocycles. The van der Waals surface area contributed by atoms with Crippen LogP contribution in [0.5, 0.6) is 0 Å². The van der Waals surface area contributed by atoms with Crippen LogP contribution < -0.4 is 5.32 Å². The molecule has 0 aromatic heterocycles. The topological polar surface area (TPSA) is 55.4 Å². The van der Waals surface area contributed by atoms with Crippen molar-refractivity contribution in [2.24, 2.45) is 27.6 Å². The van der Waals surface area contributed by atoms with E-state index in [1.54, 1.807) is 0 Å². The third kappa shape index (κ3) is 1.44. The molecule has 1 heterocycles. The standard InChI is InChI=1S/C20H31NO3/c1-16(2)12-7-8-18(16,5)13(11-12)21-14(22)20-10-9-19(6,15(23)24-20)17(20,3)4/h12-13H,7-11H2,1-6H3,(H,21,22)/t12-,13-,18-,19-,20-/m1/s1. The second kappa shape index (κ2) is 4.19. The lowest BCUT2D eigenvalue weighted by atomic mass is 9.65. The van der Waals surface area contributed by atoms with Crippen molar-refractivity contribution >= 4 is 11.9 Å². The third-order valence-electron chi connectivity index (χ3n) is 9.55. The fourth-order valence-electron chi connectivity index (χ4n) is 6.44. The van der Waals surface area contributed by atoms with Crippen LogP contribution in [0.3, 0.4) is 0 Å². The number of carbonyl (C=O) groups is 2. The molecule has 24 heavy (non-hydrogen) atoms. The molecule has 4 heteroatoms. The molecule has 4 fully saturated rings. The molecule has 0 aromatic rings. The minimum Gasteiger partial charge on any atom is -0.448 e. The number of nitrogens with one attached hydrogen (secondary N) is 1. The second-order valence-electron chi connectivity index (χ2n) is 10.3. The molecule has 134 valence electrons. The summed E-state index contributed by atoms with van der Waals surface area (Å²) in [6, 6.07) is 0.190. The molecular formula is C20H31NO3. The summed E-state index contributed by atoms with van der Waals surface area (Å²) in [5.74, 6) is 0.420. The van der Waals surface area contributed by atoms with Crippen molar-refractivity contribution < 1.29 is 14.3 Å². The fraction of sp³-hybridized carbons (Fsp3) is 0.900. The van der Waals surface area contributed by atoms with Crippen molar-refractivity contribution in [1.82, 2.24) is 5.32 Å². The lowest BCUT2D eigenvalue weighted by Gasteiger charge is -2.42. The van der Waals surface area contributed by atoms with Gasteiger partial charge in [0.05, 0.1) is 5.41 Å². The number of amides is 1. The van der Waals surface area contributed by atoms with Gasteiger partial charge in [0.15, 0.2) is 5.60 Å². The molecule has 4 aliphatic rings. The van der Waals surface area contributed by atoms with Gasteiger partial charge >= 0.3 is 5.97 Å². The van der Waals surface area contributed by atoms with Gasteiger partial charge in [-0.1, -0.05) is 34.6 Å². The van der Waals surface area contributed by atoms with Gasteiger partial charge in [0.25, 0.3) is 5.91 Å². The Kier molecular flexibility index (Phi) is 2.86. The van der Waals surface area contributed by atoms with Crippen LogP contribution in [0.1, 0.15) is 73.6 Å². The highest BCUT2D eigenvalue weighted by atomic mass is 16.6. The van der Waals surface area contributed by atoms with Crippen molar-refractivity contribution in [2.45, 2.75) is 85.3 Å². The molecule has 0 aromatic carbocycles. The first kappa shape index (κ1) is 16.4. The van der Waals surface area contributed by atoms with E-state index in [0.717, 1.165) is 12.8 Å². The van der Waals surface area contributed by atoms with E-state index in [1.807, 2.05) is 20.8 Å². The van der Waals surface area contributed by atoms with E-state index in [2.05, 4.69) is 26.1 Å². The monoisotopic (exact) mass is 333 g/mol. The summed E-state index contributed by atoms with van der Waals surface area (Å²) in [7, 11) is 0. The predicted octanol–water partition coefficient (Wildman–Crippen LogP) is 3.44. The van der Waals surface area contributed by atoms with Crippen LogP contribution in [-0.2, 0) is 14.3 Å². The molecular weight excluding hydrogens is 302 g/mol. The van der Waals surface area contributed by atoms with Crippen LogP contribution in [0.15, 0.2) is 0 Å². The van der Waals surface area contributed by atoms with E-state index >= 15 is 0 Å². The highest BCUT2D eigenvalue weighted by molar-refractivity contribution is 5.96. The predicted molar refractivity (Wildman–Crippen MR) is 91.1 cm³/mol. The molecule has 4 nitrogen and oxygen atoms in total. The van der Waals surface area contributed by atoms with Crippen molar-refractivity contribution in [3.63, 3.8) is 0 Å². The molecule has 0 unspecified atom stereocenters. The number of hydrogen-bond donors (Lipinski definition) is 1. The second-order valence-corrected chi connectivity index (χ2v) is 10.3. The Labute approximate surface area is 145 Å². The maximum Gasteiger partial charge on any atom is 0.313 e. The number of ether oxygens (including phenoxy) is 1. The zero-order chi connectivity index (χ0) is 17.8. The van der Waals surface area contributed by atoms with Crippen molar-refractivity contribution in [3.05, 3.63) is 0 Å². The molecule has 1 aliphatic heterocycles. The zero-order valence-corrected chi connectivity index (χ0v) is 15.9. The molecule has 0 radical (unpaired) electrons. The van der Waals surface area contributed by atoms with Crippen molar-refractivity contribution in [2.75, 3.05) is 0 Å². The number of hydrogen-bond acceptors (Lipinski definition) is 3. The van der Waals surface area contributed by atoms with Gasteiger partial charge in [-0.05, 0) is 55.8 Å². The lowest BCUT2D eigenvalue weighted by Crippen LogP contribution is -2.58. The van der Waals surface area contributed by atoms with E-state index < -0.39 is 16.4 Å². The Morgan fingerprint density at radius 2 is 1.75 bits per heavy atom. The van der Waals surface area contributed by atoms with Gasteiger partial charge in [-0.25, -0.2) is 0 Å². The van der Waals surface area contributed by atoms with Crippen LogP contribution >= 0.6 is 0 Å². The van der Waals surface area contributed by atoms with Gasteiger partial charge in [0.2, 0.25) is 0 Å². The quantitative estimate of drug-likeness (QED) is 0.788. The summed E-state index contributed by atoms with van der Waals surface area (Å²) in [5, 5.41) is 3.34. The van der Waals surface area contributed by atoms with Crippen LogP contribution in [0.4, 0.5) is 0 Å². The molecule has 4 rings (SSSR count). The number of esters is 1. The highest BCUT2D eigenvalue weighted by Gasteiger charge is 2.76. The smallest absolute Gasteiger partial charge is 0.313 e. The summed E-state index contributed by atoms with van der Waals surface area (Å²) in [5.41, 5.74) is -1.59. The minimum atomic E-state index is -0.985. The number of carbonyl (C=O) groups excluding carboxylic acids is 2. The van der Waals surface area contributed by atoms with Gasteiger partial charge in [-0.15, -0.1) is 0 Å². The first-order valence-electron chi connectivity index (χ1n) is 9.47. The first-order valence-corrected chi connectivity index (χ1v) is 9.47. The van der Waals surface area contributed by atoms with Gasteiger partial charge in [0, 0.05) is 11.5 Å². The van der Waals surface area contributed by atoms with E-state index in [0.29, 0.717) is 12.3 Å². The fourth-order valence-corrected chi connectivity index (χ4v) is 6.44. The summed E-state index contributed by atoms with van der Waals surface area (Å²) in [6.45, 7) is 13.0. The van der Waals surface area contributed by atoms with E-state index in [-0.39, 0.29) is 28.7 Å². The Morgan fingerprint density at radius 1 is 1.08 bits per heavy atom.